The first-order chi connectivity index (χ1) is 12.0. The highest BCUT2D eigenvalue weighted by Gasteiger charge is 2.32. The lowest BCUT2D eigenvalue weighted by Gasteiger charge is -2.14. The van der Waals surface area contributed by atoms with Crippen molar-refractivity contribution in [3.05, 3.63) is 63.8 Å². The molecule has 0 unspecified atom stereocenters. The Bertz CT molecular complexity index is 866. The zero-order valence-corrected chi connectivity index (χ0v) is 15.6. The van der Waals surface area contributed by atoms with Gasteiger partial charge < -0.3 is 10.1 Å². The van der Waals surface area contributed by atoms with Crippen LogP contribution in [0.2, 0.25) is 10.0 Å². The Morgan fingerprint density at radius 2 is 1.92 bits per heavy atom. The molecule has 0 bridgehead atoms. The van der Waals surface area contributed by atoms with Crippen molar-refractivity contribution in [2.75, 3.05) is 11.5 Å². The van der Waals surface area contributed by atoms with E-state index < -0.39 is 0 Å². The number of anilines is 1. The number of amides is 1. The van der Waals surface area contributed by atoms with Crippen molar-refractivity contribution < 1.29 is 9.53 Å². The third-order valence-electron chi connectivity index (χ3n) is 3.55. The minimum absolute atomic E-state index is 0.250. The summed E-state index contributed by atoms with van der Waals surface area (Å²) in [6.45, 7) is 2.49. The van der Waals surface area contributed by atoms with Crippen LogP contribution >= 0.6 is 35.4 Å². The van der Waals surface area contributed by atoms with Gasteiger partial charge in [0.15, 0.2) is 5.11 Å². The summed E-state index contributed by atoms with van der Waals surface area (Å²) in [4.78, 5) is 14.1. The van der Waals surface area contributed by atoms with Gasteiger partial charge in [-0.2, -0.15) is 0 Å². The Kier molecular flexibility index (Phi) is 5.27. The maximum absolute atomic E-state index is 12.7. The summed E-state index contributed by atoms with van der Waals surface area (Å²) in [5, 5.41) is 4.23. The molecule has 0 aliphatic carbocycles. The summed E-state index contributed by atoms with van der Waals surface area (Å²) in [5.74, 6) is 0.487. The molecule has 0 saturated carbocycles. The van der Waals surface area contributed by atoms with Gasteiger partial charge in [-0.15, -0.1) is 0 Å². The molecule has 1 saturated heterocycles. The van der Waals surface area contributed by atoms with Crippen LogP contribution in [0.25, 0.3) is 6.08 Å². The first-order valence-electron chi connectivity index (χ1n) is 7.54. The Morgan fingerprint density at radius 3 is 2.56 bits per heavy atom. The molecular weight excluding hydrogens is 379 g/mol. The summed E-state index contributed by atoms with van der Waals surface area (Å²) in [6, 6.07) is 12.2. The van der Waals surface area contributed by atoms with Crippen LogP contribution in [0.3, 0.4) is 0 Å². The average molecular weight is 393 g/mol. The second kappa shape index (κ2) is 7.44. The number of nitrogens with one attached hydrogen (secondary N) is 1. The molecule has 128 valence electrons. The summed E-state index contributed by atoms with van der Waals surface area (Å²) in [5.41, 5.74) is 1.69. The smallest absolute Gasteiger partial charge is 0.281 e. The highest BCUT2D eigenvalue weighted by Crippen LogP contribution is 2.27. The molecule has 3 rings (SSSR count). The Hall–Kier alpha value is -2.08. The molecule has 2 aromatic carbocycles. The van der Waals surface area contributed by atoms with E-state index in [0.717, 1.165) is 5.75 Å². The standard InChI is InChI=1S/C18H14Cl2N2O2S/c1-2-24-14-7-5-13(6-8-14)22-17(23)16(21-18(22)25)9-11-3-4-12(19)10-15(11)20/h3-10H,2H2,1H3,(H,21,25)/b16-9-. The van der Waals surface area contributed by atoms with Crippen LogP contribution in [0.4, 0.5) is 5.69 Å². The first kappa shape index (κ1) is 17.7. The second-order valence-electron chi connectivity index (χ2n) is 5.22. The van der Waals surface area contributed by atoms with E-state index in [-0.39, 0.29) is 5.91 Å². The number of nitrogens with zero attached hydrogens (tertiary/aromatic N) is 1. The van der Waals surface area contributed by atoms with E-state index in [2.05, 4.69) is 5.32 Å². The fourth-order valence-corrected chi connectivity index (χ4v) is 3.16. The van der Waals surface area contributed by atoms with Crippen LogP contribution in [-0.4, -0.2) is 17.6 Å². The molecule has 4 nitrogen and oxygen atoms in total. The van der Waals surface area contributed by atoms with Gasteiger partial charge in [0.25, 0.3) is 5.91 Å². The first-order valence-corrected chi connectivity index (χ1v) is 8.71. The summed E-state index contributed by atoms with van der Waals surface area (Å²) in [7, 11) is 0. The third-order valence-corrected chi connectivity index (χ3v) is 4.39. The number of hydrogen-bond donors (Lipinski definition) is 1. The molecule has 1 N–H and O–H groups in total. The van der Waals surface area contributed by atoms with Crippen molar-refractivity contribution in [1.82, 2.24) is 5.32 Å². The van der Waals surface area contributed by atoms with Crippen molar-refractivity contribution in [1.29, 1.82) is 0 Å². The molecule has 1 aliphatic heterocycles. The molecule has 25 heavy (non-hydrogen) atoms. The van der Waals surface area contributed by atoms with Crippen molar-refractivity contribution in [3.8, 4) is 5.75 Å². The number of carbonyl (C=O) groups excluding carboxylic acids is 1. The van der Waals surface area contributed by atoms with Crippen LogP contribution in [-0.2, 0) is 4.79 Å². The van der Waals surface area contributed by atoms with Gasteiger partial charge in [0.05, 0.1) is 12.3 Å². The molecule has 1 amide bonds. The zero-order chi connectivity index (χ0) is 18.0. The number of rotatable bonds is 4. The Labute approximate surface area is 161 Å². The van der Waals surface area contributed by atoms with Gasteiger partial charge >= 0.3 is 0 Å². The zero-order valence-electron chi connectivity index (χ0n) is 13.3. The van der Waals surface area contributed by atoms with Crippen LogP contribution in [0, 0.1) is 0 Å². The van der Waals surface area contributed by atoms with E-state index in [1.54, 1.807) is 48.5 Å². The lowest BCUT2D eigenvalue weighted by atomic mass is 10.2. The van der Waals surface area contributed by atoms with Gasteiger partial charge in [0.2, 0.25) is 0 Å². The number of benzene rings is 2. The van der Waals surface area contributed by atoms with Crippen molar-refractivity contribution in [2.24, 2.45) is 0 Å². The highest BCUT2D eigenvalue weighted by molar-refractivity contribution is 7.80. The normalized spacial score (nSPS) is 15.6. The summed E-state index contributed by atoms with van der Waals surface area (Å²) in [6.07, 6.45) is 1.65. The van der Waals surface area contributed by atoms with Gasteiger partial charge in [0.1, 0.15) is 11.4 Å². The van der Waals surface area contributed by atoms with Gasteiger partial charge in [0, 0.05) is 10.0 Å². The topological polar surface area (TPSA) is 41.6 Å². The van der Waals surface area contributed by atoms with Crippen LogP contribution < -0.4 is 15.0 Å². The Morgan fingerprint density at radius 1 is 1.20 bits per heavy atom. The molecule has 1 fully saturated rings. The van der Waals surface area contributed by atoms with E-state index in [4.69, 9.17) is 40.2 Å². The van der Waals surface area contributed by atoms with Crippen LogP contribution in [0.15, 0.2) is 48.2 Å². The molecule has 7 heteroatoms. The van der Waals surface area contributed by atoms with Crippen molar-refractivity contribution in [2.45, 2.75) is 6.92 Å². The number of hydrogen-bond acceptors (Lipinski definition) is 3. The number of thiocarbonyl (C=S) groups is 1. The average Bonchev–Trinajstić information content (AvgIpc) is 2.85. The van der Waals surface area contributed by atoms with Gasteiger partial charge in [-0.1, -0.05) is 29.3 Å². The summed E-state index contributed by atoms with van der Waals surface area (Å²) < 4.78 is 5.41. The minimum Gasteiger partial charge on any atom is -0.494 e. The molecule has 0 aromatic heterocycles. The van der Waals surface area contributed by atoms with E-state index >= 15 is 0 Å². The predicted molar refractivity (Wildman–Crippen MR) is 105 cm³/mol. The predicted octanol–water partition coefficient (Wildman–Crippen LogP) is 4.65. The molecule has 0 spiro atoms. The maximum atomic E-state index is 12.7. The third kappa shape index (κ3) is 3.79. The monoisotopic (exact) mass is 392 g/mol. The van der Waals surface area contributed by atoms with Crippen LogP contribution in [0.1, 0.15) is 12.5 Å². The number of carbonyl (C=O) groups is 1. The number of halogens is 2. The van der Waals surface area contributed by atoms with E-state index in [9.17, 15) is 4.79 Å². The quantitative estimate of drug-likeness (QED) is 0.606. The molecule has 2 aromatic rings. The molecule has 0 radical (unpaired) electrons. The Balaban J connectivity index is 1.88. The van der Waals surface area contributed by atoms with Gasteiger partial charge in [-0.25, -0.2) is 0 Å². The van der Waals surface area contributed by atoms with Crippen molar-refractivity contribution in [3.63, 3.8) is 0 Å². The van der Waals surface area contributed by atoms with E-state index in [1.165, 1.54) is 4.90 Å². The second-order valence-corrected chi connectivity index (χ2v) is 6.45. The van der Waals surface area contributed by atoms with E-state index in [0.29, 0.717) is 38.7 Å². The van der Waals surface area contributed by atoms with Crippen molar-refractivity contribution >= 4 is 58.2 Å². The van der Waals surface area contributed by atoms with E-state index in [1.807, 2.05) is 6.92 Å². The minimum atomic E-state index is -0.250. The van der Waals surface area contributed by atoms with Gasteiger partial charge in [-0.05, 0) is 67.2 Å². The fourth-order valence-electron chi connectivity index (χ4n) is 2.40. The maximum Gasteiger partial charge on any atom is 0.281 e. The lowest BCUT2D eigenvalue weighted by molar-refractivity contribution is -0.113. The van der Waals surface area contributed by atoms with Gasteiger partial charge in [-0.3, -0.25) is 9.69 Å². The SMILES string of the molecule is CCOc1ccc(N2C(=O)/C(=C/c3ccc(Cl)cc3Cl)NC2=S)cc1. The fraction of sp³-hybridized carbons (Fsp3) is 0.111. The lowest BCUT2D eigenvalue weighted by Crippen LogP contribution is -2.30. The summed E-state index contributed by atoms with van der Waals surface area (Å²) >= 11 is 17.4. The molecule has 1 heterocycles. The van der Waals surface area contributed by atoms with Crippen LogP contribution in [0.5, 0.6) is 5.75 Å². The molecule has 0 atom stereocenters. The highest BCUT2D eigenvalue weighted by atomic mass is 35.5. The largest absolute Gasteiger partial charge is 0.494 e. The molecular formula is C18H14Cl2N2O2S. The molecule has 1 aliphatic rings. The number of ether oxygens (including phenoxy) is 1.